The Morgan fingerprint density at radius 1 is 0.971 bits per heavy atom. The molecule has 178 valence electrons. The van der Waals surface area contributed by atoms with E-state index < -0.39 is 30.4 Å². The van der Waals surface area contributed by atoms with Crippen LogP contribution in [0, 0.1) is 13.8 Å². The number of nitrogens with zero attached hydrogens (tertiary/aromatic N) is 3. The van der Waals surface area contributed by atoms with Crippen molar-refractivity contribution < 1.29 is 23.8 Å². The maximum atomic E-state index is 12.8. The largest absolute Gasteiger partial charge is 0.459 e. The first-order chi connectivity index (χ1) is 17.0. The molecule has 5 rings (SSSR count). The Hall–Kier alpha value is -4.04. The standard InChI is InChI=1S/C27H25N3O5/c1-17-3-7-19(8-4-17)26(31)33-15-23-22(35-27(32)20-9-5-18(2)6-10-20)13-24(34-23)30-12-11-21-14-28-16-29-25(21)30/h3-12,14,16,22-24H,13,15H2,1-2H3/t22-,23-,24-/m0/s1. The summed E-state index contributed by atoms with van der Waals surface area (Å²) >= 11 is 0. The molecule has 1 aliphatic rings. The zero-order valence-electron chi connectivity index (χ0n) is 19.5. The lowest BCUT2D eigenvalue weighted by Gasteiger charge is -2.19. The van der Waals surface area contributed by atoms with Gasteiger partial charge < -0.3 is 18.8 Å². The summed E-state index contributed by atoms with van der Waals surface area (Å²) in [6.45, 7) is 3.85. The molecule has 1 aliphatic heterocycles. The third-order valence-electron chi connectivity index (χ3n) is 6.08. The molecule has 0 saturated carbocycles. The molecule has 35 heavy (non-hydrogen) atoms. The highest BCUT2D eigenvalue weighted by Gasteiger charge is 2.40. The first kappa shape index (κ1) is 22.7. The topological polar surface area (TPSA) is 92.5 Å². The average Bonchev–Trinajstić information content (AvgIpc) is 3.47. The Morgan fingerprint density at radius 3 is 2.31 bits per heavy atom. The molecule has 0 N–H and O–H groups in total. The summed E-state index contributed by atoms with van der Waals surface area (Å²) in [6.07, 6.45) is 3.76. The molecule has 8 nitrogen and oxygen atoms in total. The number of esters is 2. The van der Waals surface area contributed by atoms with E-state index >= 15 is 0 Å². The van der Waals surface area contributed by atoms with Crippen molar-refractivity contribution in [3.8, 4) is 0 Å². The van der Waals surface area contributed by atoms with E-state index in [2.05, 4.69) is 9.97 Å². The lowest BCUT2D eigenvalue weighted by molar-refractivity contribution is -0.0562. The van der Waals surface area contributed by atoms with Gasteiger partial charge in [0.1, 0.15) is 37.0 Å². The molecule has 0 spiro atoms. The van der Waals surface area contributed by atoms with Gasteiger partial charge in [0.15, 0.2) is 0 Å². The molecule has 3 heterocycles. The number of carbonyl (C=O) groups is 2. The number of aryl methyl sites for hydroxylation is 2. The van der Waals surface area contributed by atoms with E-state index in [1.165, 1.54) is 6.33 Å². The molecule has 4 aromatic rings. The van der Waals surface area contributed by atoms with Gasteiger partial charge in [-0.15, -0.1) is 0 Å². The summed E-state index contributed by atoms with van der Waals surface area (Å²) in [5.41, 5.74) is 3.72. The molecule has 2 aromatic carbocycles. The van der Waals surface area contributed by atoms with Gasteiger partial charge in [0, 0.05) is 24.2 Å². The highest BCUT2D eigenvalue weighted by Crippen LogP contribution is 2.34. The number of hydrogen-bond donors (Lipinski definition) is 0. The second-order valence-electron chi connectivity index (χ2n) is 8.66. The smallest absolute Gasteiger partial charge is 0.338 e. The Kier molecular flexibility index (Phi) is 6.29. The predicted octanol–water partition coefficient (Wildman–Crippen LogP) is 4.42. The van der Waals surface area contributed by atoms with Crippen molar-refractivity contribution in [2.45, 2.75) is 38.7 Å². The van der Waals surface area contributed by atoms with Crippen LogP contribution in [-0.2, 0) is 14.2 Å². The molecular formula is C27H25N3O5. The molecule has 1 fully saturated rings. The van der Waals surface area contributed by atoms with Crippen molar-refractivity contribution >= 4 is 23.0 Å². The molecule has 0 amide bonds. The zero-order valence-corrected chi connectivity index (χ0v) is 19.5. The molecule has 3 atom stereocenters. The summed E-state index contributed by atoms with van der Waals surface area (Å²) in [4.78, 5) is 33.8. The third kappa shape index (κ3) is 4.93. The fourth-order valence-electron chi connectivity index (χ4n) is 4.10. The van der Waals surface area contributed by atoms with Gasteiger partial charge in [-0.1, -0.05) is 35.4 Å². The van der Waals surface area contributed by atoms with Crippen molar-refractivity contribution in [3.05, 3.63) is 95.6 Å². The highest BCUT2D eigenvalue weighted by molar-refractivity contribution is 5.90. The van der Waals surface area contributed by atoms with Crippen LogP contribution in [0.15, 0.2) is 73.3 Å². The number of carbonyl (C=O) groups excluding carboxylic acids is 2. The molecule has 0 aliphatic carbocycles. The maximum Gasteiger partial charge on any atom is 0.338 e. The van der Waals surface area contributed by atoms with Gasteiger partial charge in [-0.05, 0) is 44.2 Å². The van der Waals surface area contributed by atoms with Crippen LogP contribution in [0.4, 0.5) is 0 Å². The van der Waals surface area contributed by atoms with Crippen LogP contribution >= 0.6 is 0 Å². The fourth-order valence-corrected chi connectivity index (χ4v) is 4.10. The van der Waals surface area contributed by atoms with E-state index in [0.29, 0.717) is 23.2 Å². The summed E-state index contributed by atoms with van der Waals surface area (Å²) in [7, 11) is 0. The lowest BCUT2D eigenvalue weighted by Crippen LogP contribution is -2.32. The maximum absolute atomic E-state index is 12.8. The minimum atomic E-state index is -0.636. The van der Waals surface area contributed by atoms with Crippen LogP contribution in [0.3, 0.4) is 0 Å². The van der Waals surface area contributed by atoms with E-state index in [4.69, 9.17) is 14.2 Å². The van der Waals surface area contributed by atoms with Gasteiger partial charge in [-0.25, -0.2) is 19.6 Å². The van der Waals surface area contributed by atoms with E-state index in [1.54, 1.807) is 30.5 Å². The number of benzene rings is 2. The lowest BCUT2D eigenvalue weighted by atomic mass is 10.1. The van der Waals surface area contributed by atoms with Crippen LogP contribution in [0.5, 0.6) is 0 Å². The fraction of sp³-hybridized carbons (Fsp3) is 0.259. The van der Waals surface area contributed by atoms with E-state index in [1.807, 2.05) is 54.9 Å². The van der Waals surface area contributed by atoms with Crippen LogP contribution in [0.1, 0.15) is 44.5 Å². The van der Waals surface area contributed by atoms with Crippen LogP contribution in [0.25, 0.3) is 11.0 Å². The molecule has 8 heteroatoms. The normalized spacial score (nSPS) is 19.5. The van der Waals surface area contributed by atoms with E-state index in [-0.39, 0.29) is 6.61 Å². The highest BCUT2D eigenvalue weighted by atomic mass is 16.6. The van der Waals surface area contributed by atoms with Crippen LogP contribution in [0.2, 0.25) is 0 Å². The first-order valence-corrected chi connectivity index (χ1v) is 11.4. The average molecular weight is 472 g/mol. The number of ether oxygens (including phenoxy) is 3. The van der Waals surface area contributed by atoms with Gasteiger partial charge in [0.05, 0.1) is 11.1 Å². The Balaban J connectivity index is 1.34. The van der Waals surface area contributed by atoms with Gasteiger partial charge >= 0.3 is 11.9 Å². The molecule has 2 aromatic heterocycles. The van der Waals surface area contributed by atoms with Crippen molar-refractivity contribution in [3.63, 3.8) is 0 Å². The predicted molar refractivity (Wildman–Crippen MR) is 128 cm³/mol. The van der Waals surface area contributed by atoms with Gasteiger partial charge in [0.25, 0.3) is 0 Å². The van der Waals surface area contributed by atoms with E-state index in [9.17, 15) is 9.59 Å². The summed E-state index contributed by atoms with van der Waals surface area (Å²) in [5.74, 6) is -0.909. The van der Waals surface area contributed by atoms with Gasteiger partial charge in [-0.2, -0.15) is 0 Å². The van der Waals surface area contributed by atoms with Gasteiger partial charge in [-0.3, -0.25) is 0 Å². The molecule has 0 bridgehead atoms. The Bertz CT molecular complexity index is 1350. The summed E-state index contributed by atoms with van der Waals surface area (Å²) in [5, 5.41) is 0.874. The first-order valence-electron chi connectivity index (χ1n) is 11.4. The number of rotatable bonds is 6. The van der Waals surface area contributed by atoms with Gasteiger partial charge in [0.2, 0.25) is 0 Å². The monoisotopic (exact) mass is 471 g/mol. The quantitative estimate of drug-likeness (QED) is 0.384. The van der Waals surface area contributed by atoms with Crippen molar-refractivity contribution in [2.24, 2.45) is 0 Å². The molecule has 0 radical (unpaired) electrons. The summed E-state index contributed by atoms with van der Waals surface area (Å²) in [6, 6.07) is 16.2. The Morgan fingerprint density at radius 2 is 1.63 bits per heavy atom. The van der Waals surface area contributed by atoms with Crippen molar-refractivity contribution in [2.75, 3.05) is 6.61 Å². The molecule has 0 unspecified atom stereocenters. The number of hydrogen-bond acceptors (Lipinski definition) is 7. The minimum absolute atomic E-state index is 0.0523. The number of aromatic nitrogens is 3. The zero-order chi connectivity index (χ0) is 24.4. The minimum Gasteiger partial charge on any atom is -0.459 e. The Labute approximate surface area is 202 Å². The third-order valence-corrected chi connectivity index (χ3v) is 6.08. The van der Waals surface area contributed by atoms with E-state index in [0.717, 1.165) is 16.5 Å². The SMILES string of the molecule is Cc1ccc(C(=O)OC[C@@H]2O[C@H](n3ccc4cncnc43)C[C@@H]2OC(=O)c2ccc(C)cc2)cc1. The van der Waals surface area contributed by atoms with Crippen molar-refractivity contribution in [1.82, 2.24) is 14.5 Å². The summed E-state index contributed by atoms with van der Waals surface area (Å²) < 4.78 is 19.5. The van der Waals surface area contributed by atoms with Crippen LogP contribution in [-0.4, -0.2) is 45.3 Å². The number of fused-ring (bicyclic) bond motifs is 1. The molecule has 1 saturated heterocycles. The second-order valence-corrected chi connectivity index (χ2v) is 8.66. The van der Waals surface area contributed by atoms with Crippen LogP contribution < -0.4 is 0 Å². The van der Waals surface area contributed by atoms with Crippen molar-refractivity contribution in [1.29, 1.82) is 0 Å². The molecular weight excluding hydrogens is 446 g/mol. The second kappa shape index (κ2) is 9.68.